The average Bonchev–Trinajstić information content (AvgIpc) is 3.84. The maximum Gasteiger partial charge on any atom is 0.268 e. The number of dihydropyridines is 1. The molecule has 18 heteroatoms. The van der Waals surface area contributed by atoms with Crippen LogP contribution in [-0.4, -0.2) is 108 Å². The predicted molar refractivity (Wildman–Crippen MR) is 260 cm³/mol. The van der Waals surface area contributed by atoms with E-state index < -0.39 is 47.7 Å². The topological polar surface area (TPSA) is 205 Å². The number of allylic oxidation sites excluding steroid dienone is 1. The second-order valence-electron chi connectivity index (χ2n) is 20.1. The number of ether oxygens (including phenoxy) is 1. The monoisotopic (exact) mass is 951 g/mol. The van der Waals surface area contributed by atoms with Crippen molar-refractivity contribution in [3.05, 3.63) is 105 Å². The summed E-state index contributed by atoms with van der Waals surface area (Å²) in [4.78, 5) is 42.1. The maximum absolute atomic E-state index is 14.0. The minimum atomic E-state index is -4.60. The molecule has 2 unspecified atom stereocenters. The number of likely N-dealkylation sites (tertiary alicyclic amines) is 1. The highest BCUT2D eigenvalue weighted by Gasteiger charge is 2.50. The normalized spacial score (nSPS) is 25.7. The number of benzene rings is 2. The molecule has 2 aromatic heterocycles. The summed E-state index contributed by atoms with van der Waals surface area (Å²) in [5.41, 5.74) is 4.94. The fraction of sp³-hybridized carbons (Fsp3) is 0.531. The lowest BCUT2D eigenvalue weighted by Crippen LogP contribution is -2.54. The fourth-order valence-electron chi connectivity index (χ4n) is 11.4. The van der Waals surface area contributed by atoms with Gasteiger partial charge >= 0.3 is 0 Å². The molecule has 67 heavy (non-hydrogen) atoms. The summed E-state index contributed by atoms with van der Waals surface area (Å²) in [6, 6.07) is 17.6. The zero-order valence-corrected chi connectivity index (χ0v) is 39.9. The van der Waals surface area contributed by atoms with Gasteiger partial charge in [-0.2, -0.15) is 0 Å². The molecule has 3 atom stereocenters. The molecule has 2 aromatic carbocycles. The molecule has 3 aliphatic carbocycles. The lowest BCUT2D eigenvalue weighted by Gasteiger charge is -2.56. The molecular formula is C49H61N9O7S2. The highest BCUT2D eigenvalue weighted by Crippen LogP contribution is 2.55. The zero-order valence-electron chi connectivity index (χ0n) is 38.2. The Hall–Kier alpha value is -5.17. The maximum atomic E-state index is 14.0. The van der Waals surface area contributed by atoms with Gasteiger partial charge in [-0.05, 0) is 136 Å². The summed E-state index contributed by atoms with van der Waals surface area (Å²) in [5, 5.41) is 16.2. The van der Waals surface area contributed by atoms with Crippen molar-refractivity contribution in [1.82, 2.24) is 24.9 Å². The van der Waals surface area contributed by atoms with Crippen LogP contribution in [0.25, 0.3) is 11.0 Å². The molecule has 6 aliphatic rings. The minimum absolute atomic E-state index is 0.0262. The first-order valence-electron chi connectivity index (χ1n) is 23.9. The Morgan fingerprint density at radius 3 is 2.46 bits per heavy atom. The number of pyridine rings is 1. The molecule has 3 aliphatic heterocycles. The van der Waals surface area contributed by atoms with E-state index in [0.29, 0.717) is 35.4 Å². The van der Waals surface area contributed by atoms with Crippen molar-refractivity contribution < 1.29 is 27.1 Å². The van der Waals surface area contributed by atoms with Crippen LogP contribution in [0.4, 0.5) is 5.69 Å². The minimum Gasteiger partial charge on any atom is -0.455 e. The Morgan fingerprint density at radius 1 is 0.970 bits per heavy atom. The fourth-order valence-corrected chi connectivity index (χ4v) is 13.4. The number of sulfonamides is 1. The van der Waals surface area contributed by atoms with Crippen LogP contribution >= 0.6 is 0 Å². The molecule has 1 spiro atoms. The van der Waals surface area contributed by atoms with Gasteiger partial charge in [0.05, 0.1) is 17.8 Å². The van der Waals surface area contributed by atoms with Gasteiger partial charge < -0.3 is 14.6 Å². The van der Waals surface area contributed by atoms with Crippen LogP contribution in [0.15, 0.2) is 87.3 Å². The number of anilines is 1. The number of nitrogens with one attached hydrogen (secondary N) is 3. The van der Waals surface area contributed by atoms with Crippen molar-refractivity contribution in [2.75, 3.05) is 43.6 Å². The molecule has 3 N–H and O–H groups in total. The summed E-state index contributed by atoms with van der Waals surface area (Å²) in [6.07, 6.45) is 20.5. The van der Waals surface area contributed by atoms with Gasteiger partial charge in [-0.25, -0.2) is 22.5 Å². The van der Waals surface area contributed by atoms with E-state index in [1.807, 2.05) is 12.1 Å². The standard InChI is InChI=1S/C49H61N9O7S2/c1-66(2,62)54-35-13-9-32(10-14-35)29-51-47-44(58(60)61)26-39(31-53-47)67(63,64)55-48(59)42-16-15-36(25-45(42)65-38-24-34-17-20-50-46(34)52-30-38)56-22-18-49(19-23-56)27-37(28-49)57-21-5-8-43(57)41-7-4-3-6-40(41)33-11-12-33/h3-4,6-7,15-17,20,24-26,30-33,35,37,43-44,47,51H,5,8-14,18-19,21-23,27-29H2,1-2H3,(H,50,52)(H,55,59)/t32?,35?,43-,44?,47?/m0/s1. The van der Waals surface area contributed by atoms with E-state index in [4.69, 9.17) is 4.74 Å². The number of hydrogen-bond acceptors (Lipinski definition) is 13. The van der Waals surface area contributed by atoms with Crippen LogP contribution in [0.5, 0.6) is 11.5 Å². The van der Waals surface area contributed by atoms with E-state index in [0.717, 1.165) is 80.9 Å². The van der Waals surface area contributed by atoms with Crippen molar-refractivity contribution in [1.29, 1.82) is 0 Å². The van der Waals surface area contributed by atoms with Gasteiger partial charge in [0, 0.05) is 94.5 Å². The molecule has 16 nitrogen and oxygen atoms in total. The van der Waals surface area contributed by atoms with Gasteiger partial charge in [0.2, 0.25) is 0 Å². The first-order valence-corrected chi connectivity index (χ1v) is 27.7. The van der Waals surface area contributed by atoms with Crippen LogP contribution in [-0.2, 0) is 19.8 Å². The van der Waals surface area contributed by atoms with Crippen LogP contribution in [0.2, 0.25) is 0 Å². The zero-order chi connectivity index (χ0) is 46.5. The Kier molecular flexibility index (Phi) is 12.5. The number of aliphatic imine (C=N–C) groups is 1. The Bertz CT molecular complexity index is 2820. The van der Waals surface area contributed by atoms with Gasteiger partial charge in [-0.1, -0.05) is 24.3 Å². The van der Waals surface area contributed by atoms with E-state index in [1.54, 1.807) is 54.2 Å². The summed E-state index contributed by atoms with van der Waals surface area (Å²) in [5.74, 6) is 0.518. The average molecular weight is 952 g/mol. The third-order valence-corrected chi connectivity index (χ3v) is 17.2. The second kappa shape index (κ2) is 18.4. The van der Waals surface area contributed by atoms with Crippen molar-refractivity contribution in [3.8, 4) is 11.5 Å². The van der Waals surface area contributed by atoms with Crippen molar-refractivity contribution >= 4 is 48.6 Å². The third-order valence-electron chi connectivity index (χ3n) is 15.1. The summed E-state index contributed by atoms with van der Waals surface area (Å²) < 4.78 is 52.6. The molecule has 1 amide bonds. The highest BCUT2D eigenvalue weighted by atomic mass is 32.2. The molecule has 2 saturated heterocycles. The van der Waals surface area contributed by atoms with Crippen LogP contribution < -0.4 is 19.7 Å². The van der Waals surface area contributed by atoms with Gasteiger partial charge in [-0.15, -0.1) is 0 Å². The number of carbonyl (C=O) groups excluding carboxylic acids is 1. The van der Waals surface area contributed by atoms with E-state index in [1.165, 1.54) is 45.1 Å². The molecule has 5 fully saturated rings. The number of amides is 1. The molecular weight excluding hydrogens is 891 g/mol. The molecule has 5 heterocycles. The molecule has 0 radical (unpaired) electrons. The largest absolute Gasteiger partial charge is 0.455 e. The number of aromatic amines is 1. The third kappa shape index (κ3) is 10.0. The first kappa shape index (κ1) is 45.6. The lowest BCUT2D eigenvalue weighted by atomic mass is 9.59. The molecule has 356 valence electrons. The number of aromatic nitrogens is 2. The SMILES string of the molecule is CS(C)(=O)=NC1CCC(CNC2N=CC(S(=O)(=O)NC(=O)c3ccc(N4CCC5(CC4)CC(N4CCC[C@H]4c4ccccc4C4CC4)C5)cc3Oc3cnc4[nH]ccc4c3)=CC2[N+](=O)[O-])CC1. The van der Waals surface area contributed by atoms with Gasteiger partial charge in [0.25, 0.3) is 22.0 Å². The number of piperidine rings is 1. The summed E-state index contributed by atoms with van der Waals surface area (Å²) in [6.45, 7) is 3.30. The summed E-state index contributed by atoms with van der Waals surface area (Å²) >= 11 is 0. The number of nitrogens with zero attached hydrogens (tertiary/aromatic N) is 6. The Balaban J connectivity index is 0.805. The van der Waals surface area contributed by atoms with Gasteiger partial charge in [-0.3, -0.25) is 34.3 Å². The number of carbonyl (C=O) groups is 1. The van der Waals surface area contributed by atoms with Crippen molar-refractivity contribution in [2.24, 2.45) is 20.7 Å². The van der Waals surface area contributed by atoms with E-state index in [9.17, 15) is 27.5 Å². The number of H-pyrrole nitrogens is 1. The number of rotatable bonds is 14. The molecule has 3 saturated carbocycles. The molecule has 0 bridgehead atoms. The highest BCUT2D eigenvalue weighted by molar-refractivity contribution is 7.94. The van der Waals surface area contributed by atoms with Crippen molar-refractivity contribution in [3.63, 3.8) is 0 Å². The predicted octanol–water partition coefficient (Wildman–Crippen LogP) is 7.69. The van der Waals surface area contributed by atoms with Gasteiger partial charge in [0.15, 0.2) is 6.17 Å². The van der Waals surface area contributed by atoms with E-state index in [-0.39, 0.29) is 23.3 Å². The Morgan fingerprint density at radius 2 is 1.73 bits per heavy atom. The van der Waals surface area contributed by atoms with E-state index in [2.05, 4.69) is 63.4 Å². The number of hydrogen-bond donors (Lipinski definition) is 3. The first-order chi connectivity index (χ1) is 32.2. The lowest BCUT2D eigenvalue weighted by molar-refractivity contribution is -0.513. The van der Waals surface area contributed by atoms with E-state index >= 15 is 0 Å². The van der Waals surface area contributed by atoms with Crippen LogP contribution in [0, 0.1) is 21.4 Å². The smallest absolute Gasteiger partial charge is 0.268 e. The van der Waals surface area contributed by atoms with Crippen LogP contribution in [0.3, 0.4) is 0 Å². The van der Waals surface area contributed by atoms with Gasteiger partial charge in [0.1, 0.15) is 22.1 Å². The number of fused-ring (bicyclic) bond motifs is 1. The quantitative estimate of drug-likeness (QED) is 0.0826. The number of nitro groups is 1. The summed E-state index contributed by atoms with van der Waals surface area (Å²) in [7, 11) is -6.80. The molecule has 10 rings (SSSR count). The molecule has 4 aromatic rings. The van der Waals surface area contributed by atoms with Crippen LogP contribution in [0.1, 0.15) is 110 Å². The second-order valence-corrected chi connectivity index (χ2v) is 24.3. The Labute approximate surface area is 392 Å². The van der Waals surface area contributed by atoms with Crippen molar-refractivity contribution in [2.45, 2.75) is 113 Å².